The highest BCUT2D eigenvalue weighted by molar-refractivity contribution is 5.69. The molecule has 1 unspecified atom stereocenters. The molecule has 29 heavy (non-hydrogen) atoms. The molecule has 2 aromatic heterocycles. The van der Waals surface area contributed by atoms with Gasteiger partial charge in [0.05, 0.1) is 17.7 Å². The van der Waals surface area contributed by atoms with Gasteiger partial charge < -0.3 is 19.5 Å². The largest absolute Gasteiger partial charge is 0.507 e. The average molecular weight is 390 g/mol. The van der Waals surface area contributed by atoms with Crippen LogP contribution in [0.2, 0.25) is 0 Å². The van der Waals surface area contributed by atoms with Gasteiger partial charge in [-0.1, -0.05) is 0 Å². The number of hydrogen-bond donors (Lipinski definition) is 1. The Hall–Kier alpha value is -2.93. The van der Waals surface area contributed by atoms with Gasteiger partial charge in [-0.25, -0.2) is 4.98 Å². The van der Waals surface area contributed by atoms with Crippen molar-refractivity contribution in [2.24, 2.45) is 5.92 Å². The number of aromatic nitrogens is 4. The Kier molecular flexibility index (Phi) is 4.10. The van der Waals surface area contributed by atoms with Gasteiger partial charge in [0.2, 0.25) is 0 Å². The predicted molar refractivity (Wildman–Crippen MR) is 112 cm³/mol. The van der Waals surface area contributed by atoms with Crippen molar-refractivity contribution >= 4 is 5.82 Å². The van der Waals surface area contributed by atoms with Crippen LogP contribution in [-0.4, -0.2) is 62.0 Å². The van der Waals surface area contributed by atoms with Crippen molar-refractivity contribution in [3.05, 3.63) is 49.1 Å². The Morgan fingerprint density at radius 1 is 1.17 bits per heavy atom. The van der Waals surface area contributed by atoms with Crippen molar-refractivity contribution in [1.29, 1.82) is 0 Å². The molecule has 0 radical (unpaired) electrons. The molecule has 1 N–H and O–H groups in total. The van der Waals surface area contributed by atoms with E-state index in [1.165, 1.54) is 6.42 Å². The summed E-state index contributed by atoms with van der Waals surface area (Å²) in [5.74, 6) is 1.74. The van der Waals surface area contributed by atoms with E-state index < -0.39 is 0 Å². The standard InChI is InChI=1S/C22H26N6O/c1-22-11-15(13-26(22)2)19(12-22)27(3)21-7-6-18(24-25-21)17-5-4-16(10-20(17)29)28-9-8-23-14-28/h4-10,14-15,19,29H,11-13H2,1-3H3/t15?,19-,22+/m0/s1. The Balaban J connectivity index is 1.36. The summed E-state index contributed by atoms with van der Waals surface area (Å²) in [6, 6.07) is 9.95. The number of phenolic OH excluding ortho intramolecular Hbond substituents is 1. The molecular formula is C22H26N6O. The summed E-state index contributed by atoms with van der Waals surface area (Å²) in [4.78, 5) is 8.81. The lowest BCUT2D eigenvalue weighted by molar-refractivity contribution is 0.157. The van der Waals surface area contributed by atoms with Gasteiger partial charge >= 0.3 is 0 Å². The minimum atomic E-state index is 0.177. The highest BCUT2D eigenvalue weighted by Gasteiger charge is 2.52. The minimum Gasteiger partial charge on any atom is -0.507 e. The topological polar surface area (TPSA) is 70.3 Å². The summed E-state index contributed by atoms with van der Waals surface area (Å²) in [6.45, 7) is 3.51. The number of likely N-dealkylation sites (tertiary alicyclic amines) is 1. The summed E-state index contributed by atoms with van der Waals surface area (Å²) in [7, 11) is 4.35. The zero-order valence-electron chi connectivity index (χ0n) is 17.0. The molecule has 150 valence electrons. The quantitative estimate of drug-likeness (QED) is 0.739. The lowest BCUT2D eigenvalue weighted by Crippen LogP contribution is -2.48. The lowest BCUT2D eigenvalue weighted by Gasteiger charge is -2.39. The summed E-state index contributed by atoms with van der Waals surface area (Å²) in [6.07, 6.45) is 7.66. The number of hydrogen-bond acceptors (Lipinski definition) is 6. The molecule has 5 rings (SSSR count). The van der Waals surface area contributed by atoms with Gasteiger partial charge in [-0.15, -0.1) is 10.2 Å². The first kappa shape index (κ1) is 18.1. The van der Waals surface area contributed by atoms with Crippen LogP contribution in [-0.2, 0) is 0 Å². The van der Waals surface area contributed by atoms with Crippen molar-refractivity contribution in [1.82, 2.24) is 24.6 Å². The molecule has 1 saturated heterocycles. The second-order valence-corrected chi connectivity index (χ2v) is 8.67. The molecule has 3 atom stereocenters. The highest BCUT2D eigenvalue weighted by atomic mass is 16.3. The fourth-order valence-electron chi connectivity index (χ4n) is 5.06. The van der Waals surface area contributed by atoms with Crippen molar-refractivity contribution in [3.8, 4) is 22.7 Å². The van der Waals surface area contributed by atoms with Crippen LogP contribution in [0.4, 0.5) is 5.82 Å². The highest BCUT2D eigenvalue weighted by Crippen LogP contribution is 2.47. The van der Waals surface area contributed by atoms with Crippen molar-refractivity contribution in [3.63, 3.8) is 0 Å². The van der Waals surface area contributed by atoms with Crippen LogP contribution in [0.3, 0.4) is 0 Å². The molecule has 0 spiro atoms. The molecule has 2 fully saturated rings. The number of piperidine rings is 1. The van der Waals surface area contributed by atoms with Crippen molar-refractivity contribution in [2.75, 3.05) is 25.5 Å². The summed E-state index contributed by atoms with van der Waals surface area (Å²) < 4.78 is 1.85. The Labute approximate surface area is 170 Å². The number of anilines is 1. The van der Waals surface area contributed by atoms with E-state index in [-0.39, 0.29) is 5.75 Å². The summed E-state index contributed by atoms with van der Waals surface area (Å²) in [5, 5.41) is 19.4. The normalized spacial score (nSPS) is 26.2. The van der Waals surface area contributed by atoms with Crippen LogP contribution in [0.15, 0.2) is 49.1 Å². The number of phenols is 1. The van der Waals surface area contributed by atoms with E-state index in [1.54, 1.807) is 18.6 Å². The Morgan fingerprint density at radius 3 is 2.62 bits per heavy atom. The van der Waals surface area contributed by atoms with E-state index >= 15 is 0 Å². The van der Waals surface area contributed by atoms with Crippen LogP contribution in [0.5, 0.6) is 5.75 Å². The number of aromatic hydroxyl groups is 1. The van der Waals surface area contributed by atoms with Gasteiger partial charge in [-0.2, -0.15) is 0 Å². The summed E-state index contributed by atoms with van der Waals surface area (Å²) >= 11 is 0. The zero-order chi connectivity index (χ0) is 20.2. The number of nitrogens with zero attached hydrogens (tertiary/aromatic N) is 6. The van der Waals surface area contributed by atoms with Gasteiger partial charge in [0.25, 0.3) is 0 Å². The van der Waals surface area contributed by atoms with Gasteiger partial charge in [-0.3, -0.25) is 0 Å². The fraction of sp³-hybridized carbons (Fsp3) is 0.409. The van der Waals surface area contributed by atoms with E-state index in [9.17, 15) is 5.11 Å². The SMILES string of the molecule is CN(c1ccc(-c2ccc(-n3ccnc3)cc2O)nn1)[C@H]1C[C@@]2(C)CC1CN2C. The second kappa shape index (κ2) is 6.56. The zero-order valence-corrected chi connectivity index (χ0v) is 17.0. The molecule has 1 aromatic carbocycles. The lowest BCUT2D eigenvalue weighted by atomic mass is 9.97. The van der Waals surface area contributed by atoms with Crippen LogP contribution >= 0.6 is 0 Å². The molecule has 3 aromatic rings. The molecule has 1 aliphatic heterocycles. The van der Waals surface area contributed by atoms with E-state index in [0.717, 1.165) is 24.5 Å². The van der Waals surface area contributed by atoms with Gasteiger partial charge in [-0.05, 0) is 57.0 Å². The number of rotatable bonds is 4. The van der Waals surface area contributed by atoms with Crippen LogP contribution < -0.4 is 4.90 Å². The van der Waals surface area contributed by atoms with Crippen LogP contribution in [0.1, 0.15) is 19.8 Å². The molecule has 1 aliphatic carbocycles. The number of fused-ring (bicyclic) bond motifs is 2. The maximum Gasteiger partial charge on any atom is 0.151 e. The smallest absolute Gasteiger partial charge is 0.151 e. The monoisotopic (exact) mass is 390 g/mol. The van der Waals surface area contributed by atoms with Gasteiger partial charge in [0.15, 0.2) is 5.82 Å². The third-order valence-electron chi connectivity index (χ3n) is 6.89. The predicted octanol–water partition coefficient (Wildman–Crippen LogP) is 2.95. The van der Waals surface area contributed by atoms with E-state index in [4.69, 9.17) is 0 Å². The summed E-state index contributed by atoms with van der Waals surface area (Å²) in [5.41, 5.74) is 2.49. The molecule has 7 nitrogen and oxygen atoms in total. The second-order valence-electron chi connectivity index (χ2n) is 8.67. The average Bonchev–Trinajstić information content (AvgIpc) is 3.42. The molecular weight excluding hydrogens is 364 g/mol. The maximum atomic E-state index is 10.5. The van der Waals surface area contributed by atoms with Crippen LogP contribution in [0.25, 0.3) is 16.9 Å². The fourth-order valence-corrected chi connectivity index (χ4v) is 5.06. The van der Waals surface area contributed by atoms with Crippen molar-refractivity contribution < 1.29 is 5.11 Å². The molecule has 2 aliphatic rings. The van der Waals surface area contributed by atoms with Crippen molar-refractivity contribution in [2.45, 2.75) is 31.3 Å². The van der Waals surface area contributed by atoms with E-state index in [2.05, 4.69) is 46.0 Å². The van der Waals surface area contributed by atoms with Crippen LogP contribution in [0, 0.1) is 5.92 Å². The first-order valence-electron chi connectivity index (χ1n) is 10.0. The first-order chi connectivity index (χ1) is 13.9. The Morgan fingerprint density at radius 2 is 2.03 bits per heavy atom. The first-order valence-corrected chi connectivity index (χ1v) is 10.0. The Bertz CT molecular complexity index is 1020. The molecule has 2 bridgehead atoms. The maximum absolute atomic E-state index is 10.5. The molecule has 3 heterocycles. The van der Waals surface area contributed by atoms with Gasteiger partial charge in [0, 0.05) is 49.2 Å². The van der Waals surface area contributed by atoms with Gasteiger partial charge in [0.1, 0.15) is 5.75 Å². The minimum absolute atomic E-state index is 0.177. The third-order valence-corrected chi connectivity index (χ3v) is 6.89. The molecule has 0 amide bonds. The number of imidazole rings is 1. The van der Waals surface area contributed by atoms with E-state index in [0.29, 0.717) is 28.8 Å². The number of benzene rings is 1. The van der Waals surface area contributed by atoms with E-state index in [1.807, 2.05) is 35.0 Å². The molecule has 1 saturated carbocycles. The third kappa shape index (κ3) is 2.97. The molecule has 7 heteroatoms.